The van der Waals surface area contributed by atoms with Crippen LogP contribution in [0.25, 0.3) is 22.3 Å². The summed E-state index contributed by atoms with van der Waals surface area (Å²) in [6.07, 6.45) is 0. The van der Waals surface area contributed by atoms with Crippen molar-refractivity contribution in [1.29, 1.82) is 0 Å². The second kappa shape index (κ2) is 8.13. The zero-order valence-electron chi connectivity index (χ0n) is 16.4. The van der Waals surface area contributed by atoms with Gasteiger partial charge in [-0.2, -0.15) is 0 Å². The van der Waals surface area contributed by atoms with Gasteiger partial charge in [0.1, 0.15) is 28.6 Å². The fraction of sp³-hybridized carbons (Fsp3) is 0.0833. The Balaban J connectivity index is 1.61. The van der Waals surface area contributed by atoms with Crippen molar-refractivity contribution in [2.45, 2.75) is 0 Å². The van der Waals surface area contributed by atoms with Crippen LogP contribution in [0.4, 0.5) is 0 Å². The van der Waals surface area contributed by atoms with Gasteiger partial charge in [0.2, 0.25) is 0 Å². The summed E-state index contributed by atoms with van der Waals surface area (Å²) < 4.78 is 21.5. The summed E-state index contributed by atoms with van der Waals surface area (Å²) in [5.41, 5.74) is 1.30. The average molecular weight is 402 g/mol. The molecule has 0 aliphatic heterocycles. The number of benzene rings is 3. The molecule has 0 spiro atoms. The Kier molecular flexibility index (Phi) is 5.22. The zero-order valence-corrected chi connectivity index (χ0v) is 16.4. The van der Waals surface area contributed by atoms with Gasteiger partial charge in [-0.15, -0.1) is 0 Å². The summed E-state index contributed by atoms with van der Waals surface area (Å²) in [6, 6.07) is 19.9. The van der Waals surface area contributed by atoms with Gasteiger partial charge in [0, 0.05) is 11.6 Å². The van der Waals surface area contributed by atoms with Gasteiger partial charge in [-0.25, -0.2) is 4.79 Å². The maximum Gasteiger partial charge on any atom is 0.343 e. The van der Waals surface area contributed by atoms with Crippen molar-refractivity contribution in [3.05, 3.63) is 88.6 Å². The van der Waals surface area contributed by atoms with Gasteiger partial charge in [0.05, 0.1) is 25.2 Å². The second-order valence-corrected chi connectivity index (χ2v) is 6.48. The first-order valence-electron chi connectivity index (χ1n) is 9.16. The van der Waals surface area contributed by atoms with Crippen molar-refractivity contribution in [2.24, 2.45) is 0 Å². The third-order valence-electron chi connectivity index (χ3n) is 4.61. The first kappa shape index (κ1) is 19.3. The van der Waals surface area contributed by atoms with Crippen LogP contribution in [0.15, 0.2) is 82.0 Å². The number of esters is 1. The quantitative estimate of drug-likeness (QED) is 0.356. The number of carbonyl (C=O) groups excluding carboxylic acids is 1. The van der Waals surface area contributed by atoms with E-state index in [9.17, 15) is 9.59 Å². The lowest BCUT2D eigenvalue weighted by molar-refractivity contribution is 0.0735. The number of fused-ring (bicyclic) bond motifs is 1. The lowest BCUT2D eigenvalue weighted by Crippen LogP contribution is -2.09. The third-order valence-corrected chi connectivity index (χ3v) is 4.61. The molecule has 4 rings (SSSR count). The van der Waals surface area contributed by atoms with E-state index in [-0.39, 0.29) is 11.2 Å². The first-order chi connectivity index (χ1) is 14.6. The molecule has 1 aromatic heterocycles. The van der Waals surface area contributed by atoms with E-state index in [1.807, 2.05) is 12.1 Å². The van der Waals surface area contributed by atoms with Gasteiger partial charge in [0.15, 0.2) is 5.43 Å². The molecule has 0 N–H and O–H groups in total. The second-order valence-electron chi connectivity index (χ2n) is 6.48. The molecular formula is C24H18O6. The highest BCUT2D eigenvalue weighted by molar-refractivity contribution is 5.92. The van der Waals surface area contributed by atoms with E-state index in [1.165, 1.54) is 12.1 Å². The van der Waals surface area contributed by atoms with Crippen LogP contribution in [0, 0.1) is 0 Å². The highest BCUT2D eigenvalue weighted by Gasteiger charge is 2.12. The van der Waals surface area contributed by atoms with Crippen molar-refractivity contribution < 1.29 is 23.4 Å². The Hall–Kier alpha value is -4.06. The Morgan fingerprint density at radius 3 is 2.00 bits per heavy atom. The maximum absolute atomic E-state index is 12.6. The monoisotopic (exact) mass is 402 g/mol. The SMILES string of the molecule is COc1ccc(C(=O)Oc2ccc3oc(-c4ccc(OC)cc4)cc(=O)c3c2)cc1. The summed E-state index contributed by atoms with van der Waals surface area (Å²) in [5.74, 6) is 1.52. The molecule has 0 unspecified atom stereocenters. The third kappa shape index (κ3) is 3.89. The molecule has 4 aromatic rings. The van der Waals surface area contributed by atoms with Crippen LogP contribution >= 0.6 is 0 Å². The molecule has 0 saturated carbocycles. The number of rotatable bonds is 5. The largest absolute Gasteiger partial charge is 0.497 e. The normalized spacial score (nSPS) is 10.6. The van der Waals surface area contributed by atoms with E-state index in [4.69, 9.17) is 18.6 Å². The Morgan fingerprint density at radius 1 is 0.767 bits per heavy atom. The summed E-state index contributed by atoms with van der Waals surface area (Å²) >= 11 is 0. The van der Waals surface area contributed by atoms with Crippen molar-refractivity contribution in [3.8, 4) is 28.6 Å². The minimum Gasteiger partial charge on any atom is -0.497 e. The summed E-state index contributed by atoms with van der Waals surface area (Å²) in [6.45, 7) is 0. The van der Waals surface area contributed by atoms with E-state index in [0.29, 0.717) is 33.8 Å². The summed E-state index contributed by atoms with van der Waals surface area (Å²) in [5, 5.41) is 0.326. The van der Waals surface area contributed by atoms with Crippen LogP contribution in [0.2, 0.25) is 0 Å². The Labute approximate surface area is 172 Å². The van der Waals surface area contributed by atoms with Crippen molar-refractivity contribution in [3.63, 3.8) is 0 Å². The highest BCUT2D eigenvalue weighted by atomic mass is 16.5. The number of methoxy groups -OCH3 is 2. The van der Waals surface area contributed by atoms with Crippen molar-refractivity contribution in [2.75, 3.05) is 14.2 Å². The van der Waals surface area contributed by atoms with Gasteiger partial charge >= 0.3 is 5.97 Å². The molecule has 30 heavy (non-hydrogen) atoms. The number of hydrogen-bond acceptors (Lipinski definition) is 6. The minimum atomic E-state index is -0.531. The molecule has 0 aliphatic rings. The van der Waals surface area contributed by atoms with Crippen LogP contribution in [-0.2, 0) is 0 Å². The molecule has 0 aliphatic carbocycles. The fourth-order valence-electron chi connectivity index (χ4n) is 2.99. The molecule has 150 valence electrons. The van der Waals surface area contributed by atoms with Gasteiger partial charge in [-0.05, 0) is 66.7 Å². The Morgan fingerprint density at radius 2 is 1.37 bits per heavy atom. The van der Waals surface area contributed by atoms with Gasteiger partial charge in [0.25, 0.3) is 0 Å². The summed E-state index contributed by atoms with van der Waals surface area (Å²) in [4.78, 5) is 25.0. The van der Waals surface area contributed by atoms with Crippen molar-refractivity contribution in [1.82, 2.24) is 0 Å². The summed E-state index contributed by atoms with van der Waals surface area (Å²) in [7, 11) is 3.14. The molecule has 3 aromatic carbocycles. The van der Waals surface area contributed by atoms with E-state index in [2.05, 4.69) is 0 Å². The topological polar surface area (TPSA) is 75.0 Å². The van der Waals surface area contributed by atoms with Gasteiger partial charge < -0.3 is 18.6 Å². The van der Waals surface area contributed by atoms with Crippen LogP contribution in [-0.4, -0.2) is 20.2 Å². The predicted octanol–water partition coefficient (Wildman–Crippen LogP) is 4.70. The van der Waals surface area contributed by atoms with Crippen molar-refractivity contribution >= 4 is 16.9 Å². The molecule has 1 heterocycles. The highest BCUT2D eigenvalue weighted by Crippen LogP contribution is 2.26. The van der Waals surface area contributed by atoms with E-state index in [0.717, 1.165) is 5.56 Å². The predicted molar refractivity (Wildman–Crippen MR) is 112 cm³/mol. The first-order valence-corrected chi connectivity index (χ1v) is 9.16. The van der Waals surface area contributed by atoms with Gasteiger partial charge in [-0.3, -0.25) is 4.79 Å². The molecule has 6 heteroatoms. The number of carbonyl (C=O) groups is 1. The number of ether oxygens (including phenoxy) is 3. The van der Waals surface area contributed by atoms with E-state index >= 15 is 0 Å². The molecule has 0 atom stereocenters. The molecule has 0 saturated heterocycles. The van der Waals surface area contributed by atoms with E-state index < -0.39 is 5.97 Å². The molecule has 6 nitrogen and oxygen atoms in total. The smallest absolute Gasteiger partial charge is 0.343 e. The minimum absolute atomic E-state index is 0.232. The maximum atomic E-state index is 12.6. The average Bonchev–Trinajstić information content (AvgIpc) is 2.79. The molecule has 0 bridgehead atoms. The lowest BCUT2D eigenvalue weighted by atomic mass is 10.1. The molecular weight excluding hydrogens is 384 g/mol. The van der Waals surface area contributed by atoms with Crippen LogP contribution in [0.1, 0.15) is 10.4 Å². The van der Waals surface area contributed by atoms with E-state index in [1.54, 1.807) is 62.8 Å². The van der Waals surface area contributed by atoms with Crippen LogP contribution in [0.5, 0.6) is 17.2 Å². The van der Waals surface area contributed by atoms with Crippen LogP contribution < -0.4 is 19.6 Å². The fourth-order valence-corrected chi connectivity index (χ4v) is 2.99. The van der Waals surface area contributed by atoms with Crippen LogP contribution in [0.3, 0.4) is 0 Å². The molecule has 0 fully saturated rings. The molecule has 0 amide bonds. The molecule has 0 radical (unpaired) electrons. The standard InChI is InChI=1S/C24H18O6/c1-27-17-7-3-15(4-8-17)23-14-21(25)20-13-19(11-12-22(20)30-23)29-24(26)16-5-9-18(28-2)10-6-16/h3-14H,1-2H3. The number of hydrogen-bond donors (Lipinski definition) is 0. The lowest BCUT2D eigenvalue weighted by Gasteiger charge is -2.07. The zero-order chi connectivity index (χ0) is 21.1. The van der Waals surface area contributed by atoms with Gasteiger partial charge in [-0.1, -0.05) is 0 Å². The Bertz CT molecular complexity index is 1250.